The molecule has 10 heteroatoms. The lowest BCUT2D eigenvalue weighted by Gasteiger charge is -2.35. The number of esters is 1. The highest BCUT2D eigenvalue weighted by atomic mass is 16.7. The van der Waals surface area contributed by atoms with E-state index in [1.165, 1.54) is 12.3 Å². The van der Waals surface area contributed by atoms with Crippen LogP contribution in [0.3, 0.4) is 0 Å². The van der Waals surface area contributed by atoms with Gasteiger partial charge in [0.2, 0.25) is 11.6 Å². The van der Waals surface area contributed by atoms with E-state index in [1.54, 1.807) is 30.3 Å². The molecule has 0 saturated carbocycles. The molecule has 2 aliphatic rings. The molecule has 0 aliphatic carbocycles. The number of nitrogens with one attached hydrogen (secondary N) is 1. The van der Waals surface area contributed by atoms with E-state index in [0.29, 0.717) is 5.56 Å². The summed E-state index contributed by atoms with van der Waals surface area (Å²) in [6, 6.07) is 7.51. The van der Waals surface area contributed by atoms with Gasteiger partial charge < -0.3 is 25.0 Å². The number of hydrogen-bond acceptors (Lipinski definition) is 8. The van der Waals surface area contributed by atoms with Crippen molar-refractivity contribution in [3.05, 3.63) is 48.2 Å². The molecule has 2 heterocycles. The molecule has 0 bridgehead atoms. The number of aliphatic hydroxyl groups excluding tert-OH is 1. The van der Waals surface area contributed by atoms with Crippen molar-refractivity contribution in [2.24, 2.45) is 5.73 Å². The Kier molecular flexibility index (Phi) is 5.22. The molecule has 0 spiro atoms. The average Bonchev–Trinajstić information content (AvgIpc) is 2.96. The number of benzene rings is 1. The van der Waals surface area contributed by atoms with Crippen LogP contribution in [-0.2, 0) is 14.3 Å². The van der Waals surface area contributed by atoms with Crippen molar-refractivity contribution >= 4 is 17.8 Å². The van der Waals surface area contributed by atoms with E-state index in [0.717, 1.165) is 11.8 Å². The van der Waals surface area contributed by atoms with Gasteiger partial charge in [0.1, 0.15) is 12.3 Å². The van der Waals surface area contributed by atoms with Crippen LogP contribution in [0.5, 0.6) is 0 Å². The third-order valence-corrected chi connectivity index (χ3v) is 4.55. The van der Waals surface area contributed by atoms with E-state index in [1.807, 2.05) is 0 Å². The first kappa shape index (κ1) is 20.0. The summed E-state index contributed by atoms with van der Waals surface area (Å²) >= 11 is 0. The first-order chi connectivity index (χ1) is 13.2. The Morgan fingerprint density at radius 1 is 1.39 bits per heavy atom. The summed E-state index contributed by atoms with van der Waals surface area (Å²) in [5.41, 5.74) is 4.63. The van der Waals surface area contributed by atoms with Crippen LogP contribution in [-0.4, -0.2) is 63.3 Å². The van der Waals surface area contributed by atoms with E-state index in [2.05, 4.69) is 5.32 Å². The largest absolute Gasteiger partial charge is 0.430 e. The van der Waals surface area contributed by atoms with Gasteiger partial charge in [-0.3, -0.25) is 20.2 Å². The number of amides is 2. The Hall–Kier alpha value is -2.79. The van der Waals surface area contributed by atoms with Crippen LogP contribution in [0, 0.1) is 0 Å². The van der Waals surface area contributed by atoms with Crippen LogP contribution in [0.25, 0.3) is 0 Å². The van der Waals surface area contributed by atoms with Gasteiger partial charge in [0.25, 0.3) is 0 Å². The smallest absolute Gasteiger partial charge is 0.325 e. The predicted octanol–water partition coefficient (Wildman–Crippen LogP) is -0.578. The highest BCUT2D eigenvalue weighted by Crippen LogP contribution is 2.34. The van der Waals surface area contributed by atoms with Crippen LogP contribution in [0.2, 0.25) is 0 Å². The lowest BCUT2D eigenvalue weighted by atomic mass is 9.97. The Morgan fingerprint density at radius 3 is 2.64 bits per heavy atom. The molecule has 1 fully saturated rings. The minimum atomic E-state index is -2.09. The summed E-state index contributed by atoms with van der Waals surface area (Å²) in [5, 5.41) is 22.3. The Bertz CT molecular complexity index is 815. The second-order valence-electron chi connectivity index (χ2n) is 6.62. The Morgan fingerprint density at radius 2 is 2.07 bits per heavy atom. The second-order valence-corrected chi connectivity index (χ2v) is 6.62. The molecule has 1 unspecified atom stereocenters. The standard InChI is InChI=1S/C18H21N3O7/c1-11(23)28-18(26)9-14(27-13(18)10-22)21-8-7-17(19,20-16(21)25)15(24)12-5-3-2-4-6-12/h2-8,13-14,22,26H,9-10,19H2,1H3,(H,20,25)/t13-,14-,17?,18-/m1/s1. The van der Waals surface area contributed by atoms with Gasteiger partial charge in [-0.2, -0.15) is 0 Å². The zero-order valence-corrected chi connectivity index (χ0v) is 15.1. The van der Waals surface area contributed by atoms with E-state index in [-0.39, 0.29) is 6.42 Å². The third-order valence-electron chi connectivity index (χ3n) is 4.55. The molecule has 4 atom stereocenters. The van der Waals surface area contributed by atoms with Gasteiger partial charge in [0, 0.05) is 18.7 Å². The second kappa shape index (κ2) is 7.32. The number of nitrogens with two attached hydrogens (primary N) is 1. The normalized spacial score (nSPS) is 32.1. The number of carbonyl (C=O) groups excluding carboxylic acids is 3. The van der Waals surface area contributed by atoms with Gasteiger partial charge in [-0.25, -0.2) is 4.79 Å². The van der Waals surface area contributed by atoms with Crippen molar-refractivity contribution in [2.75, 3.05) is 6.61 Å². The molecule has 3 rings (SSSR count). The molecule has 2 amide bonds. The number of ketones is 1. The minimum absolute atomic E-state index is 0.292. The van der Waals surface area contributed by atoms with Gasteiger partial charge in [0.15, 0.2) is 5.66 Å². The molecule has 1 aromatic rings. The number of rotatable bonds is 5. The van der Waals surface area contributed by atoms with Crippen LogP contribution < -0.4 is 11.1 Å². The summed E-state index contributed by atoms with van der Waals surface area (Å²) in [6.07, 6.45) is -0.0188. The monoisotopic (exact) mass is 391 g/mol. The molecule has 2 aliphatic heterocycles. The molecule has 0 radical (unpaired) electrons. The summed E-state index contributed by atoms with van der Waals surface area (Å²) in [5.74, 6) is -3.36. The number of aliphatic hydroxyl groups is 2. The molecule has 1 saturated heterocycles. The van der Waals surface area contributed by atoms with Gasteiger partial charge in [-0.05, 0) is 6.08 Å². The average molecular weight is 391 g/mol. The van der Waals surface area contributed by atoms with Gasteiger partial charge in [0.05, 0.1) is 13.0 Å². The molecule has 0 aromatic heterocycles. The summed E-state index contributed by atoms with van der Waals surface area (Å²) < 4.78 is 10.3. The molecule has 5 N–H and O–H groups in total. The quantitative estimate of drug-likeness (QED) is 0.296. The van der Waals surface area contributed by atoms with Crippen molar-refractivity contribution in [1.29, 1.82) is 0 Å². The van der Waals surface area contributed by atoms with E-state index in [4.69, 9.17) is 15.2 Å². The van der Waals surface area contributed by atoms with Gasteiger partial charge >= 0.3 is 12.0 Å². The SMILES string of the molecule is CC(=O)O[C@]1(O)C[C@H](N2C=CC(N)(C(=O)c3ccccc3)NC2=O)O[C@@H]1CO. The zero-order chi connectivity index (χ0) is 20.5. The fourth-order valence-corrected chi connectivity index (χ4v) is 3.17. The lowest BCUT2D eigenvalue weighted by molar-refractivity contribution is -0.229. The fourth-order valence-electron chi connectivity index (χ4n) is 3.17. The first-order valence-corrected chi connectivity index (χ1v) is 8.55. The van der Waals surface area contributed by atoms with Crippen molar-refractivity contribution < 1.29 is 34.1 Å². The predicted molar refractivity (Wildman–Crippen MR) is 94.3 cm³/mol. The summed E-state index contributed by atoms with van der Waals surface area (Å²) in [6.45, 7) is 0.470. The van der Waals surface area contributed by atoms with Crippen LogP contribution in [0.1, 0.15) is 23.7 Å². The highest BCUT2D eigenvalue weighted by molar-refractivity contribution is 6.06. The number of Topliss-reactive ketones (excluding diaryl/α,β-unsaturated/α-hetero) is 1. The van der Waals surface area contributed by atoms with Crippen LogP contribution in [0.4, 0.5) is 4.79 Å². The highest BCUT2D eigenvalue weighted by Gasteiger charge is 2.53. The number of carbonyl (C=O) groups is 3. The zero-order valence-electron chi connectivity index (χ0n) is 15.1. The van der Waals surface area contributed by atoms with Gasteiger partial charge in [-0.1, -0.05) is 30.3 Å². The maximum Gasteiger partial charge on any atom is 0.325 e. The maximum absolute atomic E-state index is 12.6. The fraction of sp³-hybridized carbons (Fsp3) is 0.389. The Balaban J connectivity index is 1.79. The van der Waals surface area contributed by atoms with Crippen molar-refractivity contribution in [3.8, 4) is 0 Å². The van der Waals surface area contributed by atoms with E-state index in [9.17, 15) is 24.6 Å². The third kappa shape index (κ3) is 3.62. The minimum Gasteiger partial charge on any atom is -0.430 e. The Labute approximate surface area is 160 Å². The van der Waals surface area contributed by atoms with E-state index < -0.39 is 48.2 Å². The van der Waals surface area contributed by atoms with Crippen LogP contribution in [0.15, 0.2) is 42.6 Å². The number of nitrogens with zero attached hydrogens (tertiary/aromatic N) is 1. The number of ether oxygens (including phenoxy) is 2. The maximum atomic E-state index is 12.6. The van der Waals surface area contributed by atoms with Crippen molar-refractivity contribution in [2.45, 2.75) is 37.1 Å². The molecule has 150 valence electrons. The van der Waals surface area contributed by atoms with Gasteiger partial charge in [-0.15, -0.1) is 0 Å². The topological polar surface area (TPSA) is 151 Å². The molecular weight excluding hydrogens is 370 g/mol. The van der Waals surface area contributed by atoms with E-state index >= 15 is 0 Å². The van der Waals surface area contributed by atoms with Crippen LogP contribution >= 0.6 is 0 Å². The number of hydrogen-bond donors (Lipinski definition) is 4. The number of urea groups is 1. The summed E-state index contributed by atoms with van der Waals surface area (Å²) in [4.78, 5) is 37.5. The molecular formula is C18H21N3O7. The van der Waals surface area contributed by atoms with Crippen molar-refractivity contribution in [1.82, 2.24) is 10.2 Å². The van der Waals surface area contributed by atoms with Crippen molar-refractivity contribution in [3.63, 3.8) is 0 Å². The first-order valence-electron chi connectivity index (χ1n) is 8.55. The summed E-state index contributed by atoms with van der Waals surface area (Å²) in [7, 11) is 0. The lowest BCUT2D eigenvalue weighted by Crippen LogP contribution is -2.65. The molecule has 10 nitrogen and oxygen atoms in total. The molecule has 1 aromatic carbocycles. The molecule has 28 heavy (non-hydrogen) atoms.